The van der Waals surface area contributed by atoms with Gasteiger partial charge < -0.3 is 0 Å². The van der Waals surface area contributed by atoms with Gasteiger partial charge in [-0.15, -0.1) is 0 Å². The van der Waals surface area contributed by atoms with E-state index in [0.29, 0.717) is 4.48 Å². The van der Waals surface area contributed by atoms with Crippen LogP contribution in [0.2, 0.25) is 0 Å². The molecule has 0 aliphatic rings. The smallest absolute Gasteiger partial charge is 0.137 e. The van der Waals surface area contributed by atoms with Crippen LogP contribution in [0.3, 0.4) is 0 Å². The molecule has 0 bridgehead atoms. The summed E-state index contributed by atoms with van der Waals surface area (Å²) in [6.45, 7) is 3.61. The second-order valence-electron chi connectivity index (χ2n) is 1.70. The van der Waals surface area contributed by atoms with E-state index in [-0.39, 0.29) is 5.83 Å². The summed E-state index contributed by atoms with van der Waals surface area (Å²) in [5, 5.41) is 0. The second-order valence-corrected chi connectivity index (χ2v) is 2.55. The van der Waals surface area contributed by atoms with Crippen molar-refractivity contribution in [3.63, 3.8) is 0 Å². The molecule has 0 aliphatic carbocycles. The van der Waals surface area contributed by atoms with Crippen LogP contribution in [0.25, 0.3) is 0 Å². The Morgan fingerprint density at radius 1 is 1.20 bits per heavy atom. The third kappa shape index (κ3) is 3.62. The number of hydrogen-bond donors (Lipinski definition) is 0. The van der Waals surface area contributed by atoms with Crippen LogP contribution in [0.1, 0.15) is 13.8 Å². The van der Waals surface area contributed by atoms with Gasteiger partial charge in [0.15, 0.2) is 0 Å². The summed E-state index contributed by atoms with van der Waals surface area (Å²) in [6, 6.07) is 0. The predicted octanol–water partition coefficient (Wildman–Crippen LogP) is 3.71. The minimum atomic E-state index is -0.249. The summed E-state index contributed by atoms with van der Waals surface area (Å²) >= 11 is 3.07. The van der Waals surface area contributed by atoms with Gasteiger partial charge >= 0.3 is 0 Å². The lowest BCUT2D eigenvalue weighted by atomic mass is 10.4. The highest BCUT2D eigenvalue weighted by Gasteiger charge is 1.92. The first-order valence-corrected chi connectivity index (χ1v) is 3.82. The molecule has 0 rings (SSSR count). The summed E-state index contributed by atoms with van der Waals surface area (Å²) < 4.78 is 13.2. The van der Waals surface area contributed by atoms with Crippen LogP contribution in [0, 0.1) is 0 Å². The summed E-state index contributed by atoms with van der Waals surface area (Å²) in [6.07, 6.45) is 6.49. The van der Waals surface area contributed by atoms with Crippen molar-refractivity contribution in [1.29, 1.82) is 0 Å². The van der Waals surface area contributed by atoms with Gasteiger partial charge in [-0.3, -0.25) is 0 Å². The Morgan fingerprint density at radius 2 is 1.70 bits per heavy atom. The molecule has 0 aromatic rings. The number of halogens is 2. The van der Waals surface area contributed by atoms with Crippen LogP contribution < -0.4 is 0 Å². The molecular formula is C8H10BrF. The van der Waals surface area contributed by atoms with Crippen molar-refractivity contribution in [2.75, 3.05) is 0 Å². The minimum Gasteiger partial charge on any atom is -0.206 e. The molecule has 0 aromatic carbocycles. The Morgan fingerprint density at radius 3 is 2.10 bits per heavy atom. The Bertz CT molecular complexity index is 158. The third-order valence-electron chi connectivity index (χ3n) is 0.854. The molecule has 10 heavy (non-hydrogen) atoms. The Kier molecular flexibility index (Phi) is 5.22. The van der Waals surface area contributed by atoms with E-state index < -0.39 is 0 Å². The van der Waals surface area contributed by atoms with Gasteiger partial charge in [0, 0.05) is 0 Å². The first-order valence-electron chi connectivity index (χ1n) is 3.03. The van der Waals surface area contributed by atoms with Crippen molar-refractivity contribution in [3.8, 4) is 0 Å². The fourth-order valence-electron chi connectivity index (χ4n) is 0.452. The molecule has 0 amide bonds. The van der Waals surface area contributed by atoms with E-state index in [0.717, 1.165) is 0 Å². The second kappa shape index (κ2) is 5.42. The summed E-state index contributed by atoms with van der Waals surface area (Å²) in [7, 11) is 0. The van der Waals surface area contributed by atoms with Gasteiger partial charge in [-0.05, 0) is 41.9 Å². The van der Waals surface area contributed by atoms with Crippen molar-refractivity contribution >= 4 is 15.9 Å². The molecule has 0 spiro atoms. The van der Waals surface area contributed by atoms with Gasteiger partial charge in [0.2, 0.25) is 0 Å². The van der Waals surface area contributed by atoms with Gasteiger partial charge in [0.25, 0.3) is 0 Å². The molecule has 56 valence electrons. The molecule has 0 aromatic heterocycles. The van der Waals surface area contributed by atoms with Crippen molar-refractivity contribution < 1.29 is 4.39 Å². The molecule has 0 saturated heterocycles. The Labute approximate surface area is 69.3 Å². The molecule has 0 saturated carbocycles. The predicted molar refractivity (Wildman–Crippen MR) is 46.7 cm³/mol. The zero-order valence-corrected chi connectivity index (χ0v) is 7.65. The van der Waals surface area contributed by atoms with Crippen molar-refractivity contribution in [2.24, 2.45) is 0 Å². The molecular weight excluding hydrogens is 195 g/mol. The minimum absolute atomic E-state index is 0.249. The molecule has 0 aliphatic heterocycles. The highest BCUT2D eigenvalue weighted by Crippen LogP contribution is 2.15. The number of allylic oxidation sites excluding steroid dienone is 6. The molecule has 0 fully saturated rings. The van der Waals surface area contributed by atoms with Crippen LogP contribution >= 0.6 is 15.9 Å². The summed E-state index contributed by atoms with van der Waals surface area (Å²) in [5.74, 6) is -0.249. The van der Waals surface area contributed by atoms with Crippen LogP contribution in [0.5, 0.6) is 0 Å². The van der Waals surface area contributed by atoms with E-state index >= 15 is 0 Å². The average molecular weight is 205 g/mol. The molecule has 0 radical (unpaired) electrons. The fourth-order valence-corrected chi connectivity index (χ4v) is 0.848. The molecule has 0 N–H and O–H groups in total. The lowest BCUT2D eigenvalue weighted by molar-refractivity contribution is 0.665. The van der Waals surface area contributed by atoms with E-state index in [4.69, 9.17) is 0 Å². The molecule has 0 unspecified atom stereocenters. The van der Waals surface area contributed by atoms with E-state index in [1.165, 1.54) is 6.08 Å². The Balaban J connectivity index is 4.33. The molecule has 2 heteroatoms. The fraction of sp³-hybridized carbons (Fsp3) is 0.250. The lowest BCUT2D eigenvalue weighted by Crippen LogP contribution is -1.68. The van der Waals surface area contributed by atoms with E-state index in [2.05, 4.69) is 15.9 Å². The van der Waals surface area contributed by atoms with Crippen LogP contribution in [-0.2, 0) is 0 Å². The zero-order valence-electron chi connectivity index (χ0n) is 6.07. The quantitative estimate of drug-likeness (QED) is 0.602. The zero-order chi connectivity index (χ0) is 7.98. The topological polar surface area (TPSA) is 0 Å². The van der Waals surface area contributed by atoms with E-state index in [1.807, 2.05) is 6.92 Å². The lowest BCUT2D eigenvalue weighted by Gasteiger charge is -1.88. The van der Waals surface area contributed by atoms with Gasteiger partial charge in [0.1, 0.15) is 5.83 Å². The maximum atomic E-state index is 12.7. The van der Waals surface area contributed by atoms with Gasteiger partial charge in [-0.1, -0.05) is 12.2 Å². The summed E-state index contributed by atoms with van der Waals surface area (Å²) in [4.78, 5) is 0. The maximum Gasteiger partial charge on any atom is 0.137 e. The standard InChI is InChI=1S/C8H10BrF/c1-3-5-7(9)8(10)6-4-2/h3-6H,1-2H3. The normalized spacial score (nSPS) is 14.8. The first-order chi connectivity index (χ1) is 4.72. The monoisotopic (exact) mass is 204 g/mol. The average Bonchev–Trinajstić information content (AvgIpc) is 1.89. The number of rotatable bonds is 2. The van der Waals surface area contributed by atoms with Crippen molar-refractivity contribution in [3.05, 3.63) is 34.6 Å². The SMILES string of the molecule is CC=CC(F)=C(Br)C=CC. The van der Waals surface area contributed by atoms with E-state index in [1.54, 1.807) is 25.2 Å². The van der Waals surface area contributed by atoms with Crippen LogP contribution in [0.15, 0.2) is 34.6 Å². The van der Waals surface area contributed by atoms with Crippen molar-refractivity contribution in [2.45, 2.75) is 13.8 Å². The maximum absolute atomic E-state index is 12.7. The summed E-state index contributed by atoms with van der Waals surface area (Å²) in [5.41, 5.74) is 0. The van der Waals surface area contributed by atoms with E-state index in [9.17, 15) is 4.39 Å². The van der Waals surface area contributed by atoms with Gasteiger partial charge in [-0.2, -0.15) is 0 Å². The molecule has 0 heterocycles. The van der Waals surface area contributed by atoms with Gasteiger partial charge in [-0.25, -0.2) is 4.39 Å². The first kappa shape index (κ1) is 9.63. The van der Waals surface area contributed by atoms with Gasteiger partial charge in [0.05, 0.1) is 4.48 Å². The third-order valence-corrected chi connectivity index (χ3v) is 1.50. The Hall–Kier alpha value is -0.370. The number of hydrogen-bond acceptors (Lipinski definition) is 0. The van der Waals surface area contributed by atoms with Crippen LogP contribution in [0.4, 0.5) is 4.39 Å². The van der Waals surface area contributed by atoms with Crippen LogP contribution in [-0.4, -0.2) is 0 Å². The van der Waals surface area contributed by atoms with Crippen molar-refractivity contribution in [1.82, 2.24) is 0 Å². The molecule has 0 atom stereocenters. The molecule has 0 nitrogen and oxygen atoms in total. The largest absolute Gasteiger partial charge is 0.206 e. The highest BCUT2D eigenvalue weighted by atomic mass is 79.9. The highest BCUT2D eigenvalue weighted by molar-refractivity contribution is 9.11.